The minimum Gasteiger partial charge on any atom is -0.292 e. The van der Waals surface area contributed by atoms with Crippen LogP contribution in [0.1, 0.15) is 17.9 Å². The first-order valence-electron chi connectivity index (χ1n) is 5.65. The van der Waals surface area contributed by atoms with Crippen molar-refractivity contribution in [1.29, 1.82) is 0 Å². The van der Waals surface area contributed by atoms with Gasteiger partial charge in [-0.3, -0.25) is 10.1 Å². The third kappa shape index (κ3) is 2.41. The molecule has 1 fully saturated rings. The van der Waals surface area contributed by atoms with Gasteiger partial charge in [0.25, 0.3) is 5.95 Å². The molecular weight excluding hydrogens is 289 g/mol. The number of H-pyrrole nitrogens is 1. The number of carbonyl (C=O) groups is 1. The van der Waals surface area contributed by atoms with Crippen molar-refractivity contribution in [1.82, 2.24) is 20.6 Å². The Hall–Kier alpha value is -1.66. The van der Waals surface area contributed by atoms with Gasteiger partial charge in [0.1, 0.15) is 0 Å². The van der Waals surface area contributed by atoms with Crippen LogP contribution in [0.15, 0.2) is 18.2 Å². The number of nitrogens with one attached hydrogen (secondary N) is 2. The first-order chi connectivity index (χ1) is 9.16. The third-order valence-electron chi connectivity index (χ3n) is 3.09. The summed E-state index contributed by atoms with van der Waals surface area (Å²) in [4.78, 5) is 11.9. The molecule has 1 aliphatic carbocycles. The average molecular weight is 298 g/mol. The Morgan fingerprint density at radius 3 is 3.00 bits per heavy atom. The van der Waals surface area contributed by atoms with Gasteiger partial charge >= 0.3 is 0 Å². The van der Waals surface area contributed by atoms with Crippen molar-refractivity contribution in [3.05, 3.63) is 33.8 Å². The largest absolute Gasteiger partial charge is 0.292 e. The fourth-order valence-electron chi connectivity index (χ4n) is 2.05. The van der Waals surface area contributed by atoms with E-state index in [-0.39, 0.29) is 23.7 Å². The van der Waals surface area contributed by atoms with Crippen molar-refractivity contribution in [2.24, 2.45) is 5.92 Å². The predicted molar refractivity (Wildman–Crippen MR) is 70.1 cm³/mol. The molecule has 0 saturated heterocycles. The highest BCUT2D eigenvalue weighted by atomic mass is 35.5. The Balaban J connectivity index is 1.70. The van der Waals surface area contributed by atoms with Gasteiger partial charge in [0.05, 0.1) is 10.0 Å². The van der Waals surface area contributed by atoms with Crippen molar-refractivity contribution in [2.75, 3.05) is 5.32 Å². The molecule has 0 bridgehead atoms. The second-order valence-corrected chi connectivity index (χ2v) is 5.10. The summed E-state index contributed by atoms with van der Waals surface area (Å²) in [6, 6.07) is 5.45. The summed E-state index contributed by atoms with van der Waals surface area (Å²) in [5.41, 5.74) is 0.905. The highest BCUT2D eigenvalue weighted by Gasteiger charge is 2.45. The second kappa shape index (κ2) is 4.79. The van der Waals surface area contributed by atoms with E-state index >= 15 is 0 Å². The SMILES string of the molecule is O=C(Nc1nn[nH]n1)[C@@H]1C[C@H]1c1cccc(Cl)c1Cl. The molecule has 6 nitrogen and oxygen atoms in total. The first-order valence-corrected chi connectivity index (χ1v) is 6.40. The van der Waals surface area contributed by atoms with Crippen LogP contribution in [0.4, 0.5) is 5.95 Å². The third-order valence-corrected chi connectivity index (χ3v) is 3.92. The van der Waals surface area contributed by atoms with Crippen LogP contribution in [0.5, 0.6) is 0 Å². The van der Waals surface area contributed by atoms with Crippen molar-refractivity contribution in [3.8, 4) is 0 Å². The molecule has 2 atom stereocenters. The molecule has 98 valence electrons. The van der Waals surface area contributed by atoms with Gasteiger partial charge in [0.15, 0.2) is 0 Å². The van der Waals surface area contributed by atoms with Crippen LogP contribution in [0.2, 0.25) is 10.0 Å². The first kappa shape index (κ1) is 12.4. The number of hydrogen-bond donors (Lipinski definition) is 2. The lowest BCUT2D eigenvalue weighted by Gasteiger charge is -2.04. The van der Waals surface area contributed by atoms with Crippen LogP contribution in [-0.2, 0) is 4.79 Å². The topological polar surface area (TPSA) is 83.6 Å². The summed E-state index contributed by atoms with van der Waals surface area (Å²) in [6.07, 6.45) is 0.740. The maximum absolute atomic E-state index is 11.9. The number of nitrogens with zero attached hydrogens (tertiary/aromatic N) is 3. The van der Waals surface area contributed by atoms with Gasteiger partial charge in [-0.2, -0.15) is 5.21 Å². The number of benzene rings is 1. The Kier molecular flexibility index (Phi) is 3.12. The fraction of sp³-hybridized carbons (Fsp3) is 0.273. The van der Waals surface area contributed by atoms with Crippen molar-refractivity contribution in [3.63, 3.8) is 0 Å². The van der Waals surface area contributed by atoms with E-state index in [2.05, 4.69) is 25.9 Å². The standard InChI is InChI=1S/C11H9Cl2N5O/c12-8-3-1-2-5(9(8)13)6-4-7(6)10(19)14-11-15-17-18-16-11/h1-3,6-7H,4H2,(H2,14,15,16,17,18,19)/t6-,7+/m0/s1. The number of aromatic amines is 1. The number of halogens is 2. The molecule has 0 aliphatic heterocycles. The molecule has 0 unspecified atom stereocenters. The van der Waals surface area contributed by atoms with E-state index in [1.165, 1.54) is 0 Å². The lowest BCUT2D eigenvalue weighted by molar-refractivity contribution is -0.117. The number of aromatic nitrogens is 4. The summed E-state index contributed by atoms with van der Waals surface area (Å²) in [7, 11) is 0. The van der Waals surface area contributed by atoms with E-state index < -0.39 is 0 Å². The van der Waals surface area contributed by atoms with Gasteiger partial charge in [0.2, 0.25) is 5.91 Å². The van der Waals surface area contributed by atoms with E-state index in [1.807, 2.05) is 12.1 Å². The Labute approximate surface area is 118 Å². The molecule has 1 amide bonds. The maximum Gasteiger partial charge on any atom is 0.269 e. The van der Waals surface area contributed by atoms with Crippen molar-refractivity contribution >= 4 is 35.1 Å². The lowest BCUT2D eigenvalue weighted by Crippen LogP contribution is -2.15. The normalized spacial score (nSPS) is 21.2. The van der Waals surface area contributed by atoms with E-state index in [0.717, 1.165) is 12.0 Å². The van der Waals surface area contributed by atoms with Crippen molar-refractivity contribution in [2.45, 2.75) is 12.3 Å². The van der Waals surface area contributed by atoms with Crippen molar-refractivity contribution < 1.29 is 4.79 Å². The summed E-state index contributed by atoms with van der Waals surface area (Å²) in [6.45, 7) is 0. The monoisotopic (exact) mass is 297 g/mol. The van der Waals surface area contributed by atoms with Crippen LogP contribution < -0.4 is 5.32 Å². The molecule has 0 spiro atoms. The van der Waals surface area contributed by atoms with Gasteiger partial charge in [0, 0.05) is 5.92 Å². The second-order valence-electron chi connectivity index (χ2n) is 4.32. The molecule has 2 aromatic rings. The Bertz CT molecular complexity index is 616. The van der Waals surface area contributed by atoms with Gasteiger partial charge in [-0.1, -0.05) is 40.4 Å². The molecule has 1 aromatic heterocycles. The fourth-order valence-corrected chi connectivity index (χ4v) is 2.50. The zero-order valence-corrected chi connectivity index (χ0v) is 11.1. The number of carbonyl (C=O) groups excluding carboxylic acids is 1. The Morgan fingerprint density at radius 1 is 1.42 bits per heavy atom. The maximum atomic E-state index is 11.9. The highest BCUT2D eigenvalue weighted by molar-refractivity contribution is 6.42. The minimum atomic E-state index is -0.137. The van der Waals surface area contributed by atoms with Crippen LogP contribution in [0.3, 0.4) is 0 Å². The van der Waals surface area contributed by atoms with E-state index in [0.29, 0.717) is 10.0 Å². The highest BCUT2D eigenvalue weighted by Crippen LogP contribution is 2.50. The Morgan fingerprint density at radius 2 is 2.26 bits per heavy atom. The zero-order valence-electron chi connectivity index (χ0n) is 9.60. The quantitative estimate of drug-likeness (QED) is 0.910. The summed E-state index contributed by atoms with van der Waals surface area (Å²) >= 11 is 12.1. The summed E-state index contributed by atoms with van der Waals surface area (Å²) in [5, 5.41) is 16.6. The molecule has 2 N–H and O–H groups in total. The molecule has 1 saturated carbocycles. The number of rotatable bonds is 3. The minimum absolute atomic E-state index is 0.0955. The molecular formula is C11H9Cl2N5O. The van der Waals surface area contributed by atoms with Crippen LogP contribution in [-0.4, -0.2) is 26.5 Å². The summed E-state index contributed by atoms with van der Waals surface area (Å²) < 4.78 is 0. The molecule has 1 aliphatic rings. The number of amides is 1. The van der Waals surface area contributed by atoms with Crippen LogP contribution in [0, 0.1) is 5.92 Å². The van der Waals surface area contributed by atoms with E-state index in [9.17, 15) is 4.79 Å². The predicted octanol–water partition coefficient (Wildman–Crippen LogP) is 2.25. The number of hydrogen-bond acceptors (Lipinski definition) is 4. The molecule has 19 heavy (non-hydrogen) atoms. The van der Waals surface area contributed by atoms with E-state index in [4.69, 9.17) is 23.2 Å². The van der Waals surface area contributed by atoms with Crippen LogP contribution >= 0.6 is 23.2 Å². The summed E-state index contributed by atoms with van der Waals surface area (Å²) in [5.74, 6) is 0.00264. The molecule has 1 heterocycles. The lowest BCUT2D eigenvalue weighted by atomic mass is 10.1. The molecule has 1 aromatic carbocycles. The zero-order chi connectivity index (χ0) is 13.4. The molecule has 8 heteroatoms. The van der Waals surface area contributed by atoms with Crippen LogP contribution in [0.25, 0.3) is 0 Å². The smallest absolute Gasteiger partial charge is 0.269 e. The van der Waals surface area contributed by atoms with E-state index in [1.54, 1.807) is 6.07 Å². The molecule has 0 radical (unpaired) electrons. The average Bonchev–Trinajstić information content (AvgIpc) is 3.03. The molecule has 3 rings (SSSR count). The van der Waals surface area contributed by atoms with Gasteiger partial charge in [-0.15, -0.1) is 5.10 Å². The van der Waals surface area contributed by atoms with Gasteiger partial charge in [-0.25, -0.2) is 0 Å². The van der Waals surface area contributed by atoms with Gasteiger partial charge < -0.3 is 0 Å². The number of tetrazole rings is 1. The number of anilines is 1. The van der Waals surface area contributed by atoms with Gasteiger partial charge in [-0.05, 0) is 29.2 Å².